The molecule has 0 bridgehead atoms. The molecule has 29 heavy (non-hydrogen) atoms. The predicted molar refractivity (Wildman–Crippen MR) is 116 cm³/mol. The summed E-state index contributed by atoms with van der Waals surface area (Å²) in [5.74, 6) is -0.0818. The lowest BCUT2D eigenvalue weighted by Gasteiger charge is -2.42. The zero-order valence-corrected chi connectivity index (χ0v) is 17.7. The van der Waals surface area contributed by atoms with Crippen LogP contribution < -0.4 is 5.73 Å². The third kappa shape index (κ3) is 4.05. The molecule has 1 saturated heterocycles. The number of ether oxygens (including phenoxy) is 1. The minimum Gasteiger partial charge on any atom is -0.378 e. The standard InChI is InChI=1S/C23H27N3O2S/c1-16-15-23(22(24)27,11-13-28-16)18-4-3-5-20(14-18)29-19-8-6-17(7-9-19)21-10-12-25-26(21)2/h3,5-10,12,14,16,18H,4,11,13,15H2,1-2H3,(H2,24,27)/t16-,18?,23+/m0/s1. The number of allylic oxidation sites excluding steroid dienone is 3. The lowest BCUT2D eigenvalue weighted by atomic mass is 9.66. The van der Waals surface area contributed by atoms with Crippen LogP contribution in [-0.4, -0.2) is 28.4 Å². The number of amides is 1. The lowest BCUT2D eigenvalue weighted by molar-refractivity contribution is -0.140. The Hall–Kier alpha value is -2.31. The van der Waals surface area contributed by atoms with Crippen molar-refractivity contribution in [2.45, 2.75) is 37.2 Å². The number of hydrogen-bond acceptors (Lipinski definition) is 4. The SMILES string of the molecule is C[C@H]1C[C@@](C(N)=O)(C2C=C(Sc3ccc(-c4ccnn4C)cc3)C=CC2)CCO1. The molecule has 2 aliphatic rings. The summed E-state index contributed by atoms with van der Waals surface area (Å²) in [6.45, 7) is 2.62. The van der Waals surface area contributed by atoms with Gasteiger partial charge in [-0.25, -0.2) is 0 Å². The van der Waals surface area contributed by atoms with Crippen molar-refractivity contribution in [3.8, 4) is 11.3 Å². The molecule has 0 spiro atoms. The lowest BCUT2D eigenvalue weighted by Crippen LogP contribution is -2.48. The summed E-state index contributed by atoms with van der Waals surface area (Å²) in [6.07, 6.45) is 10.7. The molecule has 5 nitrogen and oxygen atoms in total. The topological polar surface area (TPSA) is 70.1 Å². The quantitative estimate of drug-likeness (QED) is 0.799. The number of primary amides is 1. The fraction of sp³-hybridized carbons (Fsp3) is 0.391. The van der Waals surface area contributed by atoms with Crippen LogP contribution in [0.4, 0.5) is 0 Å². The number of benzene rings is 1. The smallest absolute Gasteiger partial charge is 0.224 e. The van der Waals surface area contributed by atoms with Crippen molar-refractivity contribution < 1.29 is 9.53 Å². The van der Waals surface area contributed by atoms with Crippen LogP contribution >= 0.6 is 11.8 Å². The van der Waals surface area contributed by atoms with Crippen molar-refractivity contribution in [3.05, 3.63) is 59.7 Å². The van der Waals surface area contributed by atoms with Gasteiger partial charge in [-0.3, -0.25) is 9.48 Å². The Morgan fingerprint density at radius 2 is 2.10 bits per heavy atom. The normalized spacial score (nSPS) is 26.9. The molecule has 1 aromatic carbocycles. The van der Waals surface area contributed by atoms with Crippen molar-refractivity contribution >= 4 is 17.7 Å². The Morgan fingerprint density at radius 1 is 1.31 bits per heavy atom. The van der Waals surface area contributed by atoms with E-state index in [1.807, 2.05) is 30.9 Å². The van der Waals surface area contributed by atoms with Gasteiger partial charge in [-0.2, -0.15) is 5.10 Å². The van der Waals surface area contributed by atoms with Crippen LogP contribution in [0.15, 0.2) is 64.6 Å². The first-order valence-electron chi connectivity index (χ1n) is 10.0. The molecule has 0 saturated carbocycles. The van der Waals surface area contributed by atoms with Crippen LogP contribution in [0.5, 0.6) is 0 Å². The van der Waals surface area contributed by atoms with Crippen molar-refractivity contribution in [1.29, 1.82) is 0 Å². The van der Waals surface area contributed by atoms with Crippen molar-refractivity contribution in [3.63, 3.8) is 0 Å². The zero-order valence-electron chi connectivity index (χ0n) is 16.9. The van der Waals surface area contributed by atoms with E-state index in [1.54, 1.807) is 11.8 Å². The molecule has 6 heteroatoms. The summed E-state index contributed by atoms with van der Waals surface area (Å²) in [4.78, 5) is 14.8. The average Bonchev–Trinajstić information content (AvgIpc) is 3.14. The second-order valence-electron chi connectivity index (χ2n) is 7.94. The third-order valence-corrected chi connectivity index (χ3v) is 7.06. The van der Waals surface area contributed by atoms with E-state index >= 15 is 0 Å². The maximum Gasteiger partial charge on any atom is 0.224 e. The van der Waals surface area contributed by atoms with Crippen LogP contribution in [0, 0.1) is 11.3 Å². The van der Waals surface area contributed by atoms with Crippen LogP contribution in [-0.2, 0) is 16.6 Å². The predicted octanol–water partition coefficient (Wildman–Crippen LogP) is 4.31. The largest absolute Gasteiger partial charge is 0.378 e. The van der Waals surface area contributed by atoms with Crippen LogP contribution in [0.3, 0.4) is 0 Å². The highest BCUT2D eigenvalue weighted by Crippen LogP contribution is 2.46. The van der Waals surface area contributed by atoms with E-state index in [0.29, 0.717) is 19.4 Å². The Morgan fingerprint density at radius 3 is 2.76 bits per heavy atom. The van der Waals surface area contributed by atoms with E-state index in [-0.39, 0.29) is 17.9 Å². The highest BCUT2D eigenvalue weighted by Gasteiger charge is 2.46. The van der Waals surface area contributed by atoms with Gasteiger partial charge in [0.1, 0.15) is 0 Å². The van der Waals surface area contributed by atoms with Gasteiger partial charge in [0.2, 0.25) is 5.91 Å². The number of aromatic nitrogens is 2. The minimum absolute atomic E-state index is 0.0613. The summed E-state index contributed by atoms with van der Waals surface area (Å²) in [6, 6.07) is 10.5. The number of nitrogens with two attached hydrogens (primary N) is 1. The number of carbonyl (C=O) groups is 1. The molecule has 2 N–H and O–H groups in total. The zero-order chi connectivity index (χ0) is 20.4. The molecule has 1 amide bonds. The Bertz CT molecular complexity index is 947. The minimum atomic E-state index is -0.516. The molecule has 1 aromatic heterocycles. The fourth-order valence-electron chi connectivity index (χ4n) is 4.45. The molecule has 2 aromatic rings. The number of thioether (sulfide) groups is 1. The number of hydrogen-bond donors (Lipinski definition) is 1. The van der Waals surface area contributed by atoms with E-state index in [9.17, 15) is 4.79 Å². The van der Waals surface area contributed by atoms with Crippen molar-refractivity contribution in [2.24, 2.45) is 24.1 Å². The molecular weight excluding hydrogens is 382 g/mol. The first-order valence-corrected chi connectivity index (χ1v) is 10.9. The highest BCUT2D eigenvalue weighted by atomic mass is 32.2. The molecule has 4 rings (SSSR count). The molecule has 2 heterocycles. The maximum absolute atomic E-state index is 12.5. The maximum atomic E-state index is 12.5. The third-order valence-electron chi connectivity index (χ3n) is 6.05. The molecule has 1 aliphatic carbocycles. The van der Waals surface area contributed by atoms with Crippen LogP contribution in [0.25, 0.3) is 11.3 Å². The number of nitrogens with zero attached hydrogens (tertiary/aromatic N) is 2. The van der Waals surface area contributed by atoms with Gasteiger partial charge in [-0.15, -0.1) is 0 Å². The summed E-state index contributed by atoms with van der Waals surface area (Å²) >= 11 is 1.72. The molecular formula is C23H27N3O2S. The summed E-state index contributed by atoms with van der Waals surface area (Å²) < 4.78 is 7.56. The van der Waals surface area contributed by atoms with E-state index in [4.69, 9.17) is 10.5 Å². The van der Waals surface area contributed by atoms with Crippen LogP contribution in [0.1, 0.15) is 26.2 Å². The monoisotopic (exact) mass is 409 g/mol. The molecule has 3 atom stereocenters. The van der Waals surface area contributed by atoms with Gasteiger partial charge in [-0.1, -0.05) is 42.1 Å². The van der Waals surface area contributed by atoms with E-state index < -0.39 is 5.41 Å². The van der Waals surface area contributed by atoms with Crippen molar-refractivity contribution in [1.82, 2.24) is 9.78 Å². The average molecular weight is 410 g/mol. The van der Waals surface area contributed by atoms with E-state index in [1.165, 1.54) is 4.90 Å². The first kappa shape index (κ1) is 20.0. The van der Waals surface area contributed by atoms with E-state index in [0.717, 1.165) is 22.6 Å². The van der Waals surface area contributed by atoms with Gasteiger partial charge in [0, 0.05) is 29.7 Å². The summed E-state index contributed by atoms with van der Waals surface area (Å²) in [5.41, 5.74) is 7.63. The Kier molecular flexibility index (Phi) is 5.65. The molecule has 0 radical (unpaired) electrons. The number of carbonyl (C=O) groups excluding carboxylic acids is 1. The molecule has 1 unspecified atom stereocenters. The van der Waals surface area contributed by atoms with E-state index in [2.05, 4.69) is 47.6 Å². The van der Waals surface area contributed by atoms with Gasteiger partial charge < -0.3 is 10.5 Å². The molecule has 1 aliphatic heterocycles. The highest BCUT2D eigenvalue weighted by molar-refractivity contribution is 8.03. The van der Waals surface area contributed by atoms with Gasteiger partial charge in [-0.05, 0) is 55.9 Å². The second kappa shape index (κ2) is 8.20. The van der Waals surface area contributed by atoms with Gasteiger partial charge in [0.25, 0.3) is 0 Å². The van der Waals surface area contributed by atoms with Gasteiger partial charge in [0.05, 0.1) is 17.2 Å². The second-order valence-corrected chi connectivity index (χ2v) is 9.08. The fourth-order valence-corrected chi connectivity index (χ4v) is 5.39. The molecule has 1 fully saturated rings. The van der Waals surface area contributed by atoms with Crippen LogP contribution in [0.2, 0.25) is 0 Å². The number of rotatable bonds is 5. The Balaban J connectivity index is 1.53. The Labute approximate surface area is 176 Å². The number of aryl methyl sites for hydroxylation is 1. The van der Waals surface area contributed by atoms with Gasteiger partial charge in [0.15, 0.2) is 0 Å². The molecule has 152 valence electrons. The summed E-state index contributed by atoms with van der Waals surface area (Å²) in [7, 11) is 1.95. The van der Waals surface area contributed by atoms with Gasteiger partial charge >= 0.3 is 0 Å². The summed E-state index contributed by atoms with van der Waals surface area (Å²) in [5, 5.41) is 4.23. The van der Waals surface area contributed by atoms with Crippen molar-refractivity contribution in [2.75, 3.05) is 6.61 Å². The first-order chi connectivity index (χ1) is 14.0.